The molecule has 0 aromatic rings. The van der Waals surface area contributed by atoms with Gasteiger partial charge in [0.05, 0.1) is 36.6 Å². The lowest BCUT2D eigenvalue weighted by Crippen LogP contribution is -2.46. The lowest BCUT2D eigenvalue weighted by molar-refractivity contribution is -0.154. The number of hydrogen-bond acceptors (Lipinski definition) is 5. The molecule has 0 amide bonds. The van der Waals surface area contributed by atoms with Gasteiger partial charge in [0.15, 0.2) is 6.29 Å². The second-order valence-electron chi connectivity index (χ2n) is 10.6. The molecule has 2 aliphatic rings. The second kappa shape index (κ2) is 15.5. The van der Waals surface area contributed by atoms with E-state index < -0.39 is 18.3 Å². The van der Waals surface area contributed by atoms with Gasteiger partial charge in [0.25, 0.3) is 0 Å². The summed E-state index contributed by atoms with van der Waals surface area (Å²) < 4.78 is 17.7. The molecule has 1 fully saturated rings. The highest BCUT2D eigenvalue weighted by atomic mass is 16.7. The number of aliphatic hydroxyl groups excluding tert-OH is 2. The first-order valence-corrected chi connectivity index (χ1v) is 13.4. The van der Waals surface area contributed by atoms with Gasteiger partial charge in [-0.1, -0.05) is 79.7 Å². The van der Waals surface area contributed by atoms with Crippen LogP contribution in [0.3, 0.4) is 0 Å². The summed E-state index contributed by atoms with van der Waals surface area (Å²) >= 11 is 0. The van der Waals surface area contributed by atoms with Gasteiger partial charge in [-0.05, 0) is 59.5 Å². The Morgan fingerprint density at radius 2 is 1.92 bits per heavy atom. The zero-order valence-electron chi connectivity index (χ0n) is 23.2. The van der Waals surface area contributed by atoms with Crippen LogP contribution in [0.4, 0.5) is 0 Å². The molecule has 0 aromatic heterocycles. The summed E-state index contributed by atoms with van der Waals surface area (Å²) in [6.07, 6.45) is 20.5. The minimum atomic E-state index is -0.754. The van der Waals surface area contributed by atoms with Crippen LogP contribution in [0.2, 0.25) is 0 Å². The molecule has 5 nitrogen and oxygen atoms in total. The fourth-order valence-corrected chi connectivity index (χ4v) is 4.61. The molecule has 2 rings (SSSR count). The van der Waals surface area contributed by atoms with Gasteiger partial charge in [-0.2, -0.15) is 0 Å². The molecule has 2 N–H and O–H groups in total. The van der Waals surface area contributed by atoms with E-state index in [9.17, 15) is 10.2 Å². The smallest absolute Gasteiger partial charge is 0.177 e. The predicted molar refractivity (Wildman–Crippen MR) is 147 cm³/mol. The van der Waals surface area contributed by atoms with Gasteiger partial charge >= 0.3 is 0 Å². The fourth-order valence-electron chi connectivity index (χ4n) is 4.61. The quantitative estimate of drug-likeness (QED) is 0.261. The summed E-state index contributed by atoms with van der Waals surface area (Å²) in [6.45, 7) is 14.4. The molecule has 0 bridgehead atoms. The normalized spacial score (nSPS) is 32.3. The Morgan fingerprint density at radius 3 is 2.61 bits per heavy atom. The predicted octanol–water partition coefficient (Wildman–Crippen LogP) is 6.21. The highest BCUT2D eigenvalue weighted by Gasteiger charge is 2.36. The average molecular weight is 501 g/mol. The Balaban J connectivity index is 1.83. The van der Waals surface area contributed by atoms with E-state index in [0.717, 1.165) is 12.8 Å². The molecule has 1 saturated heterocycles. The molecule has 0 aromatic carbocycles. The molecule has 5 heteroatoms. The van der Waals surface area contributed by atoms with Crippen molar-refractivity contribution in [3.8, 4) is 0 Å². The van der Waals surface area contributed by atoms with E-state index in [1.807, 2.05) is 58.1 Å². The maximum Gasteiger partial charge on any atom is 0.177 e. The Kier molecular flexibility index (Phi) is 13.1. The highest BCUT2D eigenvalue weighted by molar-refractivity contribution is 5.20. The van der Waals surface area contributed by atoms with Gasteiger partial charge in [0.1, 0.15) is 0 Å². The summed E-state index contributed by atoms with van der Waals surface area (Å²) in [5, 5.41) is 20.9. The van der Waals surface area contributed by atoms with Crippen molar-refractivity contribution in [2.75, 3.05) is 0 Å². The highest BCUT2D eigenvalue weighted by Crippen LogP contribution is 2.28. The van der Waals surface area contributed by atoms with Crippen molar-refractivity contribution in [2.24, 2.45) is 11.8 Å². The summed E-state index contributed by atoms with van der Waals surface area (Å²) in [7, 11) is 0. The van der Waals surface area contributed by atoms with E-state index in [1.165, 1.54) is 11.1 Å². The third-order valence-corrected chi connectivity index (χ3v) is 6.52. The molecule has 2 heterocycles. The van der Waals surface area contributed by atoms with Crippen molar-refractivity contribution in [3.05, 3.63) is 71.9 Å². The minimum Gasteiger partial charge on any atom is -0.393 e. The first kappa shape index (κ1) is 30.5. The van der Waals surface area contributed by atoms with Crippen LogP contribution < -0.4 is 0 Å². The summed E-state index contributed by atoms with van der Waals surface area (Å²) in [5.41, 5.74) is 2.44. The molecule has 2 aliphatic heterocycles. The molecule has 36 heavy (non-hydrogen) atoms. The van der Waals surface area contributed by atoms with Crippen LogP contribution in [0.5, 0.6) is 0 Å². The lowest BCUT2D eigenvalue weighted by Gasteiger charge is -2.38. The van der Waals surface area contributed by atoms with Gasteiger partial charge in [-0.15, -0.1) is 0 Å². The number of allylic oxidation sites excluding steroid dienone is 7. The molecule has 8 atom stereocenters. The summed E-state index contributed by atoms with van der Waals surface area (Å²) in [6, 6.07) is 0. The van der Waals surface area contributed by atoms with Crippen LogP contribution in [0.15, 0.2) is 71.9 Å². The number of hydrogen-bond donors (Lipinski definition) is 2. The SMILES string of the molecule is C/C=C/[C@@H]1O[C@H]([C@H](O)/C=C/C=C(\C)C[C@@H](C)/C=C(C)\C=C\[C@H]2CC=C[C@H](OC(C)C)O2)C[C@@H](O)[C@@H]1C. The maximum atomic E-state index is 10.6. The lowest BCUT2D eigenvalue weighted by atomic mass is 9.88. The molecule has 0 radical (unpaired) electrons. The van der Waals surface area contributed by atoms with Crippen molar-refractivity contribution >= 4 is 0 Å². The zero-order valence-corrected chi connectivity index (χ0v) is 23.2. The number of rotatable bonds is 11. The largest absolute Gasteiger partial charge is 0.393 e. The third-order valence-electron chi connectivity index (χ3n) is 6.52. The van der Waals surface area contributed by atoms with E-state index in [1.54, 1.807) is 6.08 Å². The van der Waals surface area contributed by atoms with Crippen LogP contribution in [-0.4, -0.2) is 53.1 Å². The van der Waals surface area contributed by atoms with Gasteiger partial charge in [-0.25, -0.2) is 0 Å². The first-order chi connectivity index (χ1) is 17.1. The monoisotopic (exact) mass is 500 g/mol. The van der Waals surface area contributed by atoms with E-state index in [0.29, 0.717) is 12.3 Å². The van der Waals surface area contributed by atoms with Crippen LogP contribution in [0.1, 0.15) is 67.7 Å². The molecule has 0 spiro atoms. The number of aliphatic hydroxyl groups is 2. The molecule has 0 unspecified atom stereocenters. The zero-order chi connectivity index (χ0) is 26.7. The van der Waals surface area contributed by atoms with Crippen molar-refractivity contribution in [2.45, 2.75) is 111 Å². The molecular weight excluding hydrogens is 452 g/mol. The second-order valence-corrected chi connectivity index (χ2v) is 10.6. The van der Waals surface area contributed by atoms with Crippen LogP contribution in [0.25, 0.3) is 0 Å². The van der Waals surface area contributed by atoms with E-state index >= 15 is 0 Å². The minimum absolute atomic E-state index is 0.0199. The van der Waals surface area contributed by atoms with E-state index in [4.69, 9.17) is 14.2 Å². The Morgan fingerprint density at radius 1 is 1.17 bits per heavy atom. The van der Waals surface area contributed by atoms with Gasteiger partial charge < -0.3 is 24.4 Å². The van der Waals surface area contributed by atoms with Crippen LogP contribution in [0, 0.1) is 11.8 Å². The Bertz CT molecular complexity index is 834. The van der Waals surface area contributed by atoms with E-state index in [-0.39, 0.29) is 30.5 Å². The topological polar surface area (TPSA) is 68.2 Å². The Labute approximate surface area is 218 Å². The van der Waals surface area contributed by atoms with Crippen LogP contribution >= 0.6 is 0 Å². The van der Waals surface area contributed by atoms with Crippen molar-refractivity contribution in [3.63, 3.8) is 0 Å². The third kappa shape index (κ3) is 10.7. The molecule has 202 valence electrons. The first-order valence-electron chi connectivity index (χ1n) is 13.4. The molecule has 0 aliphatic carbocycles. The van der Waals surface area contributed by atoms with E-state index in [2.05, 4.69) is 45.1 Å². The van der Waals surface area contributed by atoms with Crippen molar-refractivity contribution < 1.29 is 24.4 Å². The summed E-state index contributed by atoms with van der Waals surface area (Å²) in [4.78, 5) is 0. The molecule has 0 saturated carbocycles. The van der Waals surface area contributed by atoms with Crippen molar-refractivity contribution in [1.82, 2.24) is 0 Å². The van der Waals surface area contributed by atoms with Crippen LogP contribution in [-0.2, 0) is 14.2 Å². The maximum absolute atomic E-state index is 10.6. The standard InChI is InChI=1S/C31H48O5/c1-8-11-29-25(7)28(33)20-30(36-29)27(32)14-9-12-22(4)18-24(6)19-23(5)16-17-26-13-10-15-31(35-26)34-21(2)3/h8-12,14-17,19,21,24-33H,13,18,20H2,1-7H3/b11-8+,14-9+,17-16+,22-12+,23-19-/t24-,25+,26-,27-,28-,29+,30+,31-/m1/s1. The Hall–Kier alpha value is -1.76. The fraction of sp³-hybridized carbons (Fsp3) is 0.613. The average Bonchev–Trinajstić information content (AvgIpc) is 2.80. The summed E-state index contributed by atoms with van der Waals surface area (Å²) in [5.74, 6) is 0.403. The van der Waals surface area contributed by atoms with Gasteiger partial charge in [0, 0.05) is 12.3 Å². The number of ether oxygens (including phenoxy) is 3. The molecular formula is C31H48O5. The van der Waals surface area contributed by atoms with Gasteiger partial charge in [-0.3, -0.25) is 0 Å². The van der Waals surface area contributed by atoms with Crippen molar-refractivity contribution in [1.29, 1.82) is 0 Å². The van der Waals surface area contributed by atoms with Gasteiger partial charge in [0.2, 0.25) is 0 Å².